The van der Waals surface area contributed by atoms with Gasteiger partial charge in [0.2, 0.25) is 0 Å². The van der Waals surface area contributed by atoms with Crippen molar-refractivity contribution in [1.29, 1.82) is 0 Å². The molecule has 0 bridgehead atoms. The molecule has 2 rings (SSSR count). The van der Waals surface area contributed by atoms with E-state index in [0.29, 0.717) is 12.4 Å². The lowest BCUT2D eigenvalue weighted by Crippen LogP contribution is -2.12. The Hall–Kier alpha value is -2.07. The fourth-order valence-corrected chi connectivity index (χ4v) is 2.01. The van der Waals surface area contributed by atoms with Crippen molar-refractivity contribution in [1.82, 2.24) is 0 Å². The molecule has 0 aliphatic rings. The van der Waals surface area contributed by atoms with Crippen LogP contribution in [0.1, 0.15) is 11.1 Å². The highest BCUT2D eigenvalue weighted by Crippen LogP contribution is 2.05. The first-order valence-electron chi connectivity index (χ1n) is 5.56. The Kier molecular flexibility index (Phi) is 4.55. The zero-order valence-electron chi connectivity index (χ0n) is 9.82. The summed E-state index contributed by atoms with van der Waals surface area (Å²) >= 11 is 1.58. The average Bonchev–Trinajstić information content (AvgIpc) is 2.93. The molecule has 0 radical (unpaired) electrons. The zero-order valence-corrected chi connectivity index (χ0v) is 10.6. The van der Waals surface area contributed by atoms with Crippen molar-refractivity contribution >= 4 is 23.2 Å². The number of benzene rings is 1. The molecular formula is C14H14N2OS. The van der Waals surface area contributed by atoms with Crippen LogP contribution in [-0.4, -0.2) is 12.4 Å². The summed E-state index contributed by atoms with van der Waals surface area (Å²) in [5.41, 5.74) is 7.77. The molecule has 2 aromatic rings. The molecule has 0 spiro atoms. The molecule has 0 amide bonds. The molecule has 0 saturated heterocycles. The molecule has 4 heteroatoms. The van der Waals surface area contributed by atoms with Gasteiger partial charge in [0.25, 0.3) is 0 Å². The highest BCUT2D eigenvalue weighted by atomic mass is 32.1. The zero-order chi connectivity index (χ0) is 12.6. The largest absolute Gasteiger partial charge is 0.390 e. The summed E-state index contributed by atoms with van der Waals surface area (Å²) in [6, 6.07) is 11.9. The third kappa shape index (κ3) is 3.75. The molecule has 0 saturated carbocycles. The number of nitrogens with zero attached hydrogens (tertiary/aromatic N) is 1. The lowest BCUT2D eigenvalue weighted by Gasteiger charge is -1.97. The topological polar surface area (TPSA) is 47.6 Å². The lowest BCUT2D eigenvalue weighted by atomic mass is 10.2. The fraction of sp³-hybridized carbons (Fsp3) is 0.0714. The molecule has 92 valence electrons. The number of nitrogens with two attached hydrogens (primary N) is 1. The van der Waals surface area contributed by atoms with Gasteiger partial charge in [-0.3, -0.25) is 0 Å². The smallest absolute Gasteiger partial charge is 0.171 e. The van der Waals surface area contributed by atoms with Gasteiger partial charge in [0.05, 0.1) is 0 Å². The molecule has 0 aliphatic heterocycles. The monoisotopic (exact) mass is 258 g/mol. The van der Waals surface area contributed by atoms with Crippen LogP contribution in [0.2, 0.25) is 0 Å². The van der Waals surface area contributed by atoms with Crippen molar-refractivity contribution in [3.63, 3.8) is 0 Å². The second-order valence-corrected chi connectivity index (χ2v) is 4.38. The van der Waals surface area contributed by atoms with Crippen molar-refractivity contribution in [3.05, 3.63) is 64.4 Å². The number of oxime groups is 1. The van der Waals surface area contributed by atoms with Gasteiger partial charge in [-0.25, -0.2) is 0 Å². The van der Waals surface area contributed by atoms with Crippen LogP contribution < -0.4 is 5.73 Å². The Balaban J connectivity index is 1.79. The van der Waals surface area contributed by atoms with Crippen molar-refractivity contribution < 1.29 is 4.84 Å². The maximum atomic E-state index is 5.74. The lowest BCUT2D eigenvalue weighted by molar-refractivity contribution is 0.175. The predicted octanol–water partition coefficient (Wildman–Crippen LogP) is 3.10. The maximum Gasteiger partial charge on any atom is 0.171 e. The molecule has 0 fully saturated rings. The summed E-state index contributed by atoms with van der Waals surface area (Å²) < 4.78 is 0. The summed E-state index contributed by atoms with van der Waals surface area (Å²) in [5.74, 6) is 0.407. The van der Waals surface area contributed by atoms with Crippen molar-refractivity contribution in [3.8, 4) is 0 Å². The van der Waals surface area contributed by atoms with Gasteiger partial charge in [-0.15, -0.1) is 0 Å². The first-order valence-corrected chi connectivity index (χ1v) is 6.50. The first-order chi connectivity index (χ1) is 8.86. The summed E-state index contributed by atoms with van der Waals surface area (Å²) in [6.07, 6.45) is 3.88. The van der Waals surface area contributed by atoms with E-state index in [2.05, 4.69) is 5.16 Å². The molecule has 0 unspecified atom stereocenters. The van der Waals surface area contributed by atoms with E-state index in [1.54, 1.807) is 11.3 Å². The van der Waals surface area contributed by atoms with Gasteiger partial charge in [0.1, 0.15) is 6.61 Å². The Labute approximate surface area is 110 Å². The molecule has 3 nitrogen and oxygen atoms in total. The minimum Gasteiger partial charge on any atom is -0.390 e. The van der Waals surface area contributed by atoms with Gasteiger partial charge in [0.15, 0.2) is 5.84 Å². The molecule has 2 N–H and O–H groups in total. The van der Waals surface area contributed by atoms with Crippen LogP contribution in [0.15, 0.2) is 58.4 Å². The molecule has 1 aromatic heterocycles. The molecule has 0 atom stereocenters. The van der Waals surface area contributed by atoms with E-state index < -0.39 is 0 Å². The average molecular weight is 258 g/mol. The van der Waals surface area contributed by atoms with E-state index in [0.717, 1.165) is 11.1 Å². The minimum atomic E-state index is 0.403. The van der Waals surface area contributed by atoms with Crippen LogP contribution >= 0.6 is 11.3 Å². The van der Waals surface area contributed by atoms with Crippen LogP contribution in [0, 0.1) is 0 Å². The Morgan fingerprint density at radius 1 is 1.28 bits per heavy atom. The van der Waals surface area contributed by atoms with Crippen LogP contribution in [-0.2, 0) is 4.84 Å². The van der Waals surface area contributed by atoms with Crippen molar-refractivity contribution in [2.45, 2.75) is 0 Å². The van der Waals surface area contributed by atoms with Gasteiger partial charge < -0.3 is 10.6 Å². The minimum absolute atomic E-state index is 0.403. The van der Waals surface area contributed by atoms with Crippen molar-refractivity contribution in [2.24, 2.45) is 10.9 Å². The summed E-state index contributed by atoms with van der Waals surface area (Å²) in [6.45, 7) is 0.403. The standard InChI is InChI=1S/C14H14N2OS/c15-14(13-8-10-18-11-13)16-17-9-4-7-12-5-2-1-3-6-12/h1-8,10-11H,9H2,(H2,15,16)/b7-4+. The van der Waals surface area contributed by atoms with E-state index in [1.807, 2.05) is 59.3 Å². The SMILES string of the molecule is N/C(=N/OC/C=C/c1ccccc1)c1ccsc1. The molecule has 1 aromatic carbocycles. The summed E-state index contributed by atoms with van der Waals surface area (Å²) in [5, 5.41) is 7.73. The third-order valence-corrected chi connectivity index (χ3v) is 2.94. The maximum absolute atomic E-state index is 5.74. The summed E-state index contributed by atoms with van der Waals surface area (Å²) in [7, 11) is 0. The molecule has 0 aliphatic carbocycles. The Morgan fingerprint density at radius 3 is 2.83 bits per heavy atom. The second kappa shape index (κ2) is 6.61. The normalized spacial score (nSPS) is 11.9. The van der Waals surface area contributed by atoms with Gasteiger partial charge in [-0.2, -0.15) is 11.3 Å². The highest BCUT2D eigenvalue weighted by molar-refractivity contribution is 7.08. The van der Waals surface area contributed by atoms with Gasteiger partial charge >= 0.3 is 0 Å². The number of hydrogen-bond acceptors (Lipinski definition) is 3. The Bertz CT molecular complexity index is 518. The van der Waals surface area contributed by atoms with Crippen LogP contribution in [0.3, 0.4) is 0 Å². The molecule has 1 heterocycles. The third-order valence-electron chi connectivity index (χ3n) is 2.26. The van der Waals surface area contributed by atoms with Crippen LogP contribution in [0.25, 0.3) is 6.08 Å². The first kappa shape index (κ1) is 12.4. The van der Waals surface area contributed by atoms with E-state index in [4.69, 9.17) is 10.6 Å². The van der Waals surface area contributed by atoms with E-state index in [-0.39, 0.29) is 0 Å². The van der Waals surface area contributed by atoms with E-state index >= 15 is 0 Å². The van der Waals surface area contributed by atoms with Crippen molar-refractivity contribution in [2.75, 3.05) is 6.61 Å². The highest BCUT2D eigenvalue weighted by Gasteiger charge is 1.97. The van der Waals surface area contributed by atoms with Gasteiger partial charge in [0, 0.05) is 10.9 Å². The Morgan fingerprint density at radius 2 is 2.11 bits per heavy atom. The quantitative estimate of drug-likeness (QED) is 0.388. The van der Waals surface area contributed by atoms with Crippen LogP contribution in [0.5, 0.6) is 0 Å². The number of hydrogen-bond donors (Lipinski definition) is 1. The van der Waals surface area contributed by atoms with E-state index in [9.17, 15) is 0 Å². The predicted molar refractivity (Wildman–Crippen MR) is 76.5 cm³/mol. The number of amidine groups is 1. The molecule has 18 heavy (non-hydrogen) atoms. The van der Waals surface area contributed by atoms with E-state index in [1.165, 1.54) is 0 Å². The van der Waals surface area contributed by atoms with Gasteiger partial charge in [-0.05, 0) is 23.1 Å². The number of rotatable bonds is 5. The van der Waals surface area contributed by atoms with Crippen LogP contribution in [0.4, 0.5) is 0 Å². The van der Waals surface area contributed by atoms with Gasteiger partial charge in [-0.1, -0.05) is 41.6 Å². The summed E-state index contributed by atoms with van der Waals surface area (Å²) in [4.78, 5) is 5.12. The second-order valence-electron chi connectivity index (χ2n) is 3.60. The number of thiophene rings is 1. The fourth-order valence-electron chi connectivity index (χ4n) is 1.36. The molecular weight excluding hydrogens is 244 g/mol.